The van der Waals surface area contributed by atoms with Crippen molar-refractivity contribution in [1.29, 1.82) is 0 Å². The first-order valence-corrected chi connectivity index (χ1v) is 10.3. The van der Waals surface area contributed by atoms with Crippen molar-refractivity contribution >= 4 is 50.3 Å². The SMILES string of the molecule is N[C@@H]1[C@H](Nc2ccn3ncc(C(=O)Nc4ccsc4Br)c3n2)CCCC1(F)F. The van der Waals surface area contributed by atoms with Crippen molar-refractivity contribution in [2.75, 3.05) is 10.6 Å². The van der Waals surface area contributed by atoms with Crippen molar-refractivity contribution in [3.8, 4) is 0 Å². The summed E-state index contributed by atoms with van der Waals surface area (Å²) in [6, 6.07) is 1.52. The van der Waals surface area contributed by atoms with Crippen molar-refractivity contribution in [3.63, 3.8) is 0 Å². The van der Waals surface area contributed by atoms with Crippen molar-refractivity contribution in [1.82, 2.24) is 14.6 Å². The van der Waals surface area contributed by atoms with Gasteiger partial charge in [0.15, 0.2) is 5.65 Å². The van der Waals surface area contributed by atoms with E-state index in [4.69, 9.17) is 5.73 Å². The first kappa shape index (κ1) is 19.2. The van der Waals surface area contributed by atoms with Gasteiger partial charge in [0, 0.05) is 18.7 Å². The molecule has 3 aromatic heterocycles. The molecule has 2 atom stereocenters. The third-order valence-electron chi connectivity index (χ3n) is 4.76. The minimum absolute atomic E-state index is 0.204. The standard InChI is InChI=1S/C17H17BrF2N6OS/c18-14-11(4-7-28-14)24-16(27)9-8-22-26-6-3-12(25-15(9)26)23-10-2-1-5-17(19,20)13(10)21/h3-4,6-8,10,13H,1-2,5,21H2,(H,23,25)(H,24,27)/t10-,13-/m1/s1. The number of anilines is 2. The maximum Gasteiger partial charge on any atom is 0.264 e. The van der Waals surface area contributed by atoms with Gasteiger partial charge in [0.25, 0.3) is 11.8 Å². The Kier molecular flexibility index (Phi) is 5.06. The lowest BCUT2D eigenvalue weighted by Crippen LogP contribution is -2.55. The Bertz CT molecular complexity index is 1020. The molecule has 1 amide bonds. The molecule has 0 aromatic carbocycles. The Morgan fingerprint density at radius 1 is 1.43 bits per heavy atom. The average molecular weight is 471 g/mol. The minimum Gasteiger partial charge on any atom is -0.365 e. The smallest absolute Gasteiger partial charge is 0.264 e. The van der Waals surface area contributed by atoms with Gasteiger partial charge < -0.3 is 16.4 Å². The van der Waals surface area contributed by atoms with Crippen LogP contribution in [0.15, 0.2) is 33.7 Å². The van der Waals surface area contributed by atoms with Crippen molar-refractivity contribution in [2.24, 2.45) is 5.73 Å². The van der Waals surface area contributed by atoms with Crippen LogP contribution in [0.2, 0.25) is 0 Å². The third-order valence-corrected chi connectivity index (χ3v) is 6.45. The third kappa shape index (κ3) is 3.61. The Hall–Kier alpha value is -2.11. The van der Waals surface area contributed by atoms with E-state index in [9.17, 15) is 13.6 Å². The fraction of sp³-hybridized carbons (Fsp3) is 0.353. The van der Waals surface area contributed by atoms with E-state index in [0.717, 1.165) is 3.79 Å². The number of alkyl halides is 2. The van der Waals surface area contributed by atoms with Gasteiger partial charge in [-0.15, -0.1) is 11.3 Å². The van der Waals surface area contributed by atoms with Crippen molar-refractivity contribution < 1.29 is 13.6 Å². The number of nitrogens with one attached hydrogen (secondary N) is 2. The van der Waals surface area contributed by atoms with Crippen LogP contribution in [0.1, 0.15) is 29.6 Å². The van der Waals surface area contributed by atoms with E-state index in [1.807, 2.05) is 5.38 Å². The van der Waals surface area contributed by atoms with E-state index in [-0.39, 0.29) is 17.9 Å². The predicted molar refractivity (Wildman–Crippen MR) is 107 cm³/mol. The first-order chi connectivity index (χ1) is 13.3. The molecule has 0 bridgehead atoms. The van der Waals surface area contributed by atoms with Gasteiger partial charge in [0.1, 0.15) is 11.4 Å². The van der Waals surface area contributed by atoms with Crippen molar-refractivity contribution in [3.05, 3.63) is 39.3 Å². The van der Waals surface area contributed by atoms with Crippen LogP contribution in [-0.2, 0) is 0 Å². The second kappa shape index (κ2) is 7.37. The Morgan fingerprint density at radius 3 is 3.00 bits per heavy atom. The maximum absolute atomic E-state index is 13.9. The molecule has 0 unspecified atom stereocenters. The molecule has 4 rings (SSSR count). The lowest BCUT2D eigenvalue weighted by molar-refractivity contribution is -0.0554. The monoisotopic (exact) mass is 470 g/mol. The number of nitrogens with two attached hydrogens (primary N) is 1. The molecule has 4 N–H and O–H groups in total. The number of rotatable bonds is 4. The number of hydrogen-bond acceptors (Lipinski definition) is 6. The molecule has 148 valence electrons. The van der Waals surface area contributed by atoms with E-state index in [2.05, 4.69) is 36.6 Å². The molecule has 0 spiro atoms. The highest BCUT2D eigenvalue weighted by Crippen LogP contribution is 2.33. The largest absolute Gasteiger partial charge is 0.365 e. The molecule has 0 aliphatic heterocycles. The number of aromatic nitrogens is 3. The first-order valence-electron chi connectivity index (χ1n) is 8.64. The molecule has 3 aromatic rings. The zero-order valence-corrected chi connectivity index (χ0v) is 16.9. The van der Waals surface area contributed by atoms with Crippen LogP contribution in [0.3, 0.4) is 0 Å². The van der Waals surface area contributed by atoms with Crippen LogP contribution in [0.25, 0.3) is 5.65 Å². The number of fused-ring (bicyclic) bond motifs is 1. The summed E-state index contributed by atoms with van der Waals surface area (Å²) < 4.78 is 30.0. The van der Waals surface area contributed by atoms with Gasteiger partial charge in [-0.3, -0.25) is 4.79 Å². The molecule has 1 aliphatic rings. The maximum atomic E-state index is 13.9. The second-order valence-corrected chi connectivity index (χ2v) is 8.87. The fourth-order valence-electron chi connectivity index (χ4n) is 3.23. The number of amides is 1. The van der Waals surface area contributed by atoms with Gasteiger partial charge >= 0.3 is 0 Å². The topological polar surface area (TPSA) is 97.3 Å². The van der Waals surface area contributed by atoms with E-state index in [0.29, 0.717) is 30.0 Å². The van der Waals surface area contributed by atoms with Crippen LogP contribution in [0.5, 0.6) is 0 Å². The molecule has 3 heterocycles. The number of nitrogens with zero attached hydrogens (tertiary/aromatic N) is 3. The summed E-state index contributed by atoms with van der Waals surface area (Å²) in [5.74, 6) is -2.90. The highest BCUT2D eigenvalue weighted by Gasteiger charge is 2.44. The van der Waals surface area contributed by atoms with Crippen LogP contribution >= 0.6 is 27.3 Å². The molecule has 1 saturated carbocycles. The van der Waals surface area contributed by atoms with Gasteiger partial charge in [-0.05, 0) is 46.3 Å². The molecule has 1 aliphatic carbocycles. The number of thiophene rings is 1. The minimum atomic E-state index is -2.91. The average Bonchev–Trinajstić information content (AvgIpc) is 3.25. The molecular weight excluding hydrogens is 454 g/mol. The van der Waals surface area contributed by atoms with Crippen LogP contribution < -0.4 is 16.4 Å². The Balaban J connectivity index is 1.58. The van der Waals surface area contributed by atoms with E-state index in [1.165, 1.54) is 22.0 Å². The zero-order chi connectivity index (χ0) is 19.9. The molecule has 28 heavy (non-hydrogen) atoms. The van der Waals surface area contributed by atoms with E-state index >= 15 is 0 Å². The van der Waals surface area contributed by atoms with Gasteiger partial charge in [0.05, 0.1) is 21.7 Å². The number of hydrogen-bond donors (Lipinski definition) is 3. The normalized spacial score (nSPS) is 21.6. The van der Waals surface area contributed by atoms with Gasteiger partial charge in [-0.25, -0.2) is 18.3 Å². The molecule has 11 heteroatoms. The number of carbonyl (C=O) groups excluding carboxylic acids is 1. The van der Waals surface area contributed by atoms with Crippen LogP contribution in [0, 0.1) is 0 Å². The molecule has 0 saturated heterocycles. The highest BCUT2D eigenvalue weighted by atomic mass is 79.9. The summed E-state index contributed by atoms with van der Waals surface area (Å²) in [4.78, 5) is 17.0. The van der Waals surface area contributed by atoms with Crippen LogP contribution in [0.4, 0.5) is 20.3 Å². The van der Waals surface area contributed by atoms with E-state index < -0.39 is 18.0 Å². The summed E-state index contributed by atoms with van der Waals surface area (Å²) in [7, 11) is 0. The second-order valence-electron chi connectivity index (χ2n) is 6.63. The van der Waals surface area contributed by atoms with Crippen LogP contribution in [-0.4, -0.2) is 38.5 Å². The molecule has 0 radical (unpaired) electrons. The summed E-state index contributed by atoms with van der Waals surface area (Å²) in [6.07, 6.45) is 3.75. The summed E-state index contributed by atoms with van der Waals surface area (Å²) in [6.45, 7) is 0. The molecular formula is C17H17BrF2N6OS. The quantitative estimate of drug-likeness (QED) is 0.539. The number of carbonyl (C=O) groups is 1. The highest BCUT2D eigenvalue weighted by molar-refractivity contribution is 9.11. The lowest BCUT2D eigenvalue weighted by atomic mass is 9.87. The summed E-state index contributed by atoms with van der Waals surface area (Å²) in [5, 5.41) is 11.8. The van der Waals surface area contributed by atoms with Gasteiger partial charge in [0.2, 0.25) is 0 Å². The summed E-state index contributed by atoms with van der Waals surface area (Å²) in [5.41, 5.74) is 6.99. The van der Waals surface area contributed by atoms with E-state index in [1.54, 1.807) is 18.3 Å². The lowest BCUT2D eigenvalue weighted by Gasteiger charge is -2.36. The molecule has 1 fully saturated rings. The fourth-order valence-corrected chi connectivity index (χ4v) is 4.36. The van der Waals surface area contributed by atoms with Crippen molar-refractivity contribution in [2.45, 2.75) is 37.3 Å². The zero-order valence-electron chi connectivity index (χ0n) is 14.5. The van der Waals surface area contributed by atoms with Gasteiger partial charge in [-0.2, -0.15) is 5.10 Å². The predicted octanol–water partition coefficient (Wildman–Crippen LogP) is 3.73. The Morgan fingerprint density at radius 2 is 2.25 bits per heavy atom. The Labute approximate surface area is 171 Å². The summed E-state index contributed by atoms with van der Waals surface area (Å²) >= 11 is 4.83. The number of halogens is 3. The molecule has 7 nitrogen and oxygen atoms in total. The van der Waals surface area contributed by atoms with Gasteiger partial charge in [-0.1, -0.05) is 0 Å².